The van der Waals surface area contributed by atoms with Gasteiger partial charge in [-0.05, 0) is 36.2 Å². The van der Waals surface area contributed by atoms with Crippen LogP contribution in [0.3, 0.4) is 0 Å². The van der Waals surface area contributed by atoms with Crippen LogP contribution < -0.4 is 11.1 Å². The van der Waals surface area contributed by atoms with Crippen molar-refractivity contribution in [2.75, 3.05) is 5.32 Å². The topological polar surface area (TPSA) is 68.0 Å². The minimum Gasteiger partial charge on any atom is -0.380 e. The molecule has 0 saturated heterocycles. The van der Waals surface area contributed by atoms with E-state index in [1.54, 1.807) is 25.3 Å². The van der Waals surface area contributed by atoms with Gasteiger partial charge in [-0.25, -0.2) is 9.37 Å². The quantitative estimate of drug-likeness (QED) is 0.852. The molecule has 20 heavy (non-hydrogen) atoms. The van der Waals surface area contributed by atoms with Gasteiger partial charge in [-0.15, -0.1) is 0 Å². The average molecular weight is 294 g/mol. The Morgan fingerprint density at radius 2 is 2.20 bits per heavy atom. The molecule has 6 heteroatoms. The van der Waals surface area contributed by atoms with Crippen LogP contribution in [0.15, 0.2) is 30.5 Å². The molecule has 0 saturated carbocycles. The molecule has 0 fully saturated rings. The summed E-state index contributed by atoms with van der Waals surface area (Å²) in [6.07, 6.45) is 1.62. The number of aromatic nitrogens is 1. The zero-order valence-corrected chi connectivity index (χ0v) is 11.5. The lowest BCUT2D eigenvalue weighted by Gasteiger charge is -2.11. The predicted octanol–water partition coefficient (Wildman–Crippen LogP) is 2.89. The molecule has 0 aliphatic heterocycles. The van der Waals surface area contributed by atoms with Gasteiger partial charge in [-0.2, -0.15) is 0 Å². The molecule has 1 heterocycles. The molecule has 1 aromatic heterocycles. The van der Waals surface area contributed by atoms with E-state index in [-0.39, 0.29) is 5.56 Å². The van der Waals surface area contributed by atoms with Crippen LogP contribution in [0, 0.1) is 12.7 Å². The fraction of sp³-hybridized carbons (Fsp3) is 0.143. The fourth-order valence-electron chi connectivity index (χ4n) is 1.74. The number of primary amides is 1. The number of pyridine rings is 1. The number of carbonyl (C=O) groups is 1. The van der Waals surface area contributed by atoms with Crippen LogP contribution in [0.4, 0.5) is 10.1 Å². The van der Waals surface area contributed by atoms with E-state index >= 15 is 0 Å². The first-order valence-electron chi connectivity index (χ1n) is 5.91. The number of rotatable bonds is 4. The summed E-state index contributed by atoms with van der Waals surface area (Å²) in [5.74, 6) is -1.14. The van der Waals surface area contributed by atoms with Crippen molar-refractivity contribution in [2.24, 2.45) is 5.73 Å². The van der Waals surface area contributed by atoms with Crippen molar-refractivity contribution in [3.05, 3.63) is 58.1 Å². The molecule has 2 rings (SSSR count). The van der Waals surface area contributed by atoms with Crippen molar-refractivity contribution in [1.29, 1.82) is 0 Å². The lowest BCUT2D eigenvalue weighted by molar-refractivity contribution is 0.100. The van der Waals surface area contributed by atoms with E-state index in [4.69, 9.17) is 17.3 Å². The summed E-state index contributed by atoms with van der Waals surface area (Å²) in [6, 6.07) is 6.17. The summed E-state index contributed by atoms with van der Waals surface area (Å²) >= 11 is 5.70. The Morgan fingerprint density at radius 3 is 2.80 bits per heavy atom. The van der Waals surface area contributed by atoms with E-state index in [2.05, 4.69) is 10.3 Å². The van der Waals surface area contributed by atoms with E-state index in [1.807, 2.05) is 6.07 Å². The van der Waals surface area contributed by atoms with Crippen molar-refractivity contribution in [2.45, 2.75) is 13.5 Å². The second-order valence-electron chi connectivity index (χ2n) is 4.35. The van der Waals surface area contributed by atoms with Crippen molar-refractivity contribution >= 4 is 23.2 Å². The summed E-state index contributed by atoms with van der Waals surface area (Å²) < 4.78 is 13.5. The zero-order chi connectivity index (χ0) is 14.7. The standard InChI is InChI=1S/C14H13ClFN3O/c1-8-4-12(10(14(17)20)5-11(8)16)18-6-9-2-3-13(15)19-7-9/h2-5,7,18H,6H2,1H3,(H2,17,20). The fourth-order valence-corrected chi connectivity index (χ4v) is 1.85. The minimum absolute atomic E-state index is 0.120. The number of hydrogen-bond acceptors (Lipinski definition) is 3. The molecule has 0 aliphatic carbocycles. The van der Waals surface area contributed by atoms with Gasteiger partial charge in [0, 0.05) is 18.4 Å². The Morgan fingerprint density at radius 1 is 1.45 bits per heavy atom. The third kappa shape index (κ3) is 3.24. The Kier molecular flexibility index (Phi) is 4.20. The second kappa shape index (κ2) is 5.88. The summed E-state index contributed by atoms with van der Waals surface area (Å²) in [5, 5.41) is 3.45. The van der Waals surface area contributed by atoms with Crippen molar-refractivity contribution < 1.29 is 9.18 Å². The first-order valence-corrected chi connectivity index (χ1v) is 6.29. The molecule has 1 amide bonds. The maximum Gasteiger partial charge on any atom is 0.250 e. The van der Waals surface area contributed by atoms with Gasteiger partial charge >= 0.3 is 0 Å². The minimum atomic E-state index is -0.680. The van der Waals surface area contributed by atoms with Crippen LogP contribution in [0.1, 0.15) is 21.5 Å². The Labute approximate surface area is 120 Å². The number of carbonyl (C=O) groups excluding carboxylic acids is 1. The summed E-state index contributed by atoms with van der Waals surface area (Å²) in [6.45, 7) is 2.05. The van der Waals surface area contributed by atoms with Gasteiger partial charge in [0.05, 0.1) is 5.56 Å². The van der Waals surface area contributed by atoms with Crippen molar-refractivity contribution in [1.82, 2.24) is 4.98 Å². The first-order chi connectivity index (χ1) is 9.47. The second-order valence-corrected chi connectivity index (χ2v) is 4.74. The van der Waals surface area contributed by atoms with Crippen LogP contribution in [0.2, 0.25) is 5.15 Å². The highest BCUT2D eigenvalue weighted by Crippen LogP contribution is 2.21. The SMILES string of the molecule is Cc1cc(NCc2ccc(Cl)nc2)c(C(N)=O)cc1F. The van der Waals surface area contributed by atoms with E-state index < -0.39 is 11.7 Å². The maximum atomic E-state index is 13.5. The number of nitrogens with one attached hydrogen (secondary N) is 1. The average Bonchev–Trinajstić information content (AvgIpc) is 2.41. The zero-order valence-electron chi connectivity index (χ0n) is 10.8. The molecule has 104 valence electrons. The third-order valence-electron chi connectivity index (χ3n) is 2.84. The van der Waals surface area contributed by atoms with Gasteiger partial charge in [-0.3, -0.25) is 4.79 Å². The number of benzene rings is 1. The molecular weight excluding hydrogens is 281 g/mol. The van der Waals surface area contributed by atoms with Crippen molar-refractivity contribution in [3.8, 4) is 0 Å². The summed E-state index contributed by atoms with van der Waals surface area (Å²) in [5.41, 5.74) is 7.18. The number of amides is 1. The molecule has 4 nitrogen and oxygen atoms in total. The van der Waals surface area contributed by atoms with Gasteiger partial charge in [0.25, 0.3) is 5.91 Å². The van der Waals surface area contributed by atoms with Crippen LogP contribution in [0.5, 0.6) is 0 Å². The number of nitrogens with two attached hydrogens (primary N) is 1. The molecule has 0 unspecified atom stereocenters. The van der Waals surface area contributed by atoms with Gasteiger partial charge in [0.2, 0.25) is 0 Å². The lowest BCUT2D eigenvalue weighted by atomic mass is 10.1. The van der Waals surface area contributed by atoms with Crippen LogP contribution in [0.25, 0.3) is 0 Å². The smallest absolute Gasteiger partial charge is 0.250 e. The summed E-state index contributed by atoms with van der Waals surface area (Å²) in [4.78, 5) is 15.3. The van der Waals surface area contributed by atoms with E-state index in [0.717, 1.165) is 11.6 Å². The van der Waals surface area contributed by atoms with Crippen LogP contribution in [-0.2, 0) is 6.54 Å². The number of halogens is 2. The molecule has 0 bridgehead atoms. The Balaban J connectivity index is 2.22. The molecule has 1 aromatic carbocycles. The molecule has 0 atom stereocenters. The van der Waals surface area contributed by atoms with Gasteiger partial charge < -0.3 is 11.1 Å². The molecule has 2 aromatic rings. The monoisotopic (exact) mass is 293 g/mol. The Hall–Kier alpha value is -2.14. The molecular formula is C14H13ClFN3O. The number of anilines is 1. The van der Waals surface area contributed by atoms with Gasteiger partial charge in [-0.1, -0.05) is 17.7 Å². The van der Waals surface area contributed by atoms with Gasteiger partial charge in [0.15, 0.2) is 0 Å². The van der Waals surface area contributed by atoms with Crippen LogP contribution >= 0.6 is 11.6 Å². The van der Waals surface area contributed by atoms with E-state index in [9.17, 15) is 9.18 Å². The first kappa shape index (κ1) is 14.3. The molecule has 3 N–H and O–H groups in total. The Bertz CT molecular complexity index is 644. The van der Waals surface area contributed by atoms with Gasteiger partial charge in [0.1, 0.15) is 11.0 Å². The maximum absolute atomic E-state index is 13.5. The number of nitrogens with zero attached hydrogens (tertiary/aromatic N) is 1. The molecule has 0 radical (unpaired) electrons. The number of hydrogen-bond donors (Lipinski definition) is 2. The highest BCUT2D eigenvalue weighted by atomic mass is 35.5. The van der Waals surface area contributed by atoms with Crippen molar-refractivity contribution in [3.63, 3.8) is 0 Å². The van der Waals surface area contributed by atoms with E-state index in [1.165, 1.54) is 0 Å². The molecule has 0 aliphatic rings. The molecule has 0 spiro atoms. The highest BCUT2D eigenvalue weighted by Gasteiger charge is 2.11. The van der Waals surface area contributed by atoms with Crippen LogP contribution in [-0.4, -0.2) is 10.9 Å². The largest absolute Gasteiger partial charge is 0.380 e. The number of aryl methyl sites for hydroxylation is 1. The summed E-state index contributed by atoms with van der Waals surface area (Å²) in [7, 11) is 0. The highest BCUT2D eigenvalue weighted by molar-refractivity contribution is 6.29. The third-order valence-corrected chi connectivity index (χ3v) is 3.06. The predicted molar refractivity (Wildman–Crippen MR) is 76.2 cm³/mol. The van der Waals surface area contributed by atoms with E-state index in [0.29, 0.717) is 22.9 Å². The normalized spacial score (nSPS) is 10.3. The lowest BCUT2D eigenvalue weighted by Crippen LogP contribution is -2.15.